The lowest BCUT2D eigenvalue weighted by Crippen LogP contribution is -2.45. The molecule has 1 amide bonds. The molecule has 1 saturated carbocycles. The van der Waals surface area contributed by atoms with Crippen LogP contribution in [0.3, 0.4) is 0 Å². The van der Waals surface area contributed by atoms with E-state index in [-0.39, 0.29) is 30.0 Å². The molecule has 0 spiro atoms. The fourth-order valence-electron chi connectivity index (χ4n) is 5.20. The van der Waals surface area contributed by atoms with E-state index < -0.39 is 12.2 Å². The van der Waals surface area contributed by atoms with Gasteiger partial charge in [-0.05, 0) is 58.8 Å². The number of likely N-dealkylation sites (N-methyl/N-ethyl adjacent to an activating group) is 1. The van der Waals surface area contributed by atoms with Crippen molar-refractivity contribution in [2.24, 2.45) is 0 Å². The van der Waals surface area contributed by atoms with Gasteiger partial charge in [-0.3, -0.25) is 9.36 Å². The Bertz CT molecular complexity index is 1290. The van der Waals surface area contributed by atoms with Crippen LogP contribution < -0.4 is 15.5 Å². The summed E-state index contributed by atoms with van der Waals surface area (Å²) in [4.78, 5) is 34.1. The van der Waals surface area contributed by atoms with Crippen LogP contribution in [0.4, 0.5) is 20.7 Å². The number of aromatic nitrogens is 5. The molecule has 0 bridgehead atoms. The number of rotatable bonds is 8. The first kappa shape index (κ1) is 27.1. The molecule has 3 heterocycles. The van der Waals surface area contributed by atoms with E-state index in [1.54, 1.807) is 24.3 Å². The third kappa shape index (κ3) is 6.25. The molecule has 1 aromatic carbocycles. The second-order valence-electron chi connectivity index (χ2n) is 10.5. The van der Waals surface area contributed by atoms with E-state index in [4.69, 9.17) is 9.72 Å². The number of anilines is 2. The largest absolute Gasteiger partial charge is 0.377 e. The van der Waals surface area contributed by atoms with Gasteiger partial charge in [-0.15, -0.1) is 0 Å². The second-order valence-corrected chi connectivity index (χ2v) is 10.5. The minimum Gasteiger partial charge on any atom is -0.377 e. The van der Waals surface area contributed by atoms with Crippen molar-refractivity contribution in [1.82, 2.24) is 34.7 Å². The van der Waals surface area contributed by atoms with Crippen molar-refractivity contribution >= 4 is 28.8 Å². The van der Waals surface area contributed by atoms with Gasteiger partial charge < -0.3 is 25.2 Å². The summed E-state index contributed by atoms with van der Waals surface area (Å²) >= 11 is 0. The van der Waals surface area contributed by atoms with Crippen molar-refractivity contribution < 1.29 is 18.3 Å². The Labute approximate surface area is 226 Å². The highest BCUT2D eigenvalue weighted by molar-refractivity contribution is 5.78. The molecule has 210 valence electrons. The Hall–Kier alpha value is -3.45. The van der Waals surface area contributed by atoms with Gasteiger partial charge in [-0.2, -0.15) is 15.0 Å². The van der Waals surface area contributed by atoms with Crippen LogP contribution in [-0.2, 0) is 9.53 Å². The predicted octanol–water partition coefficient (Wildman–Crippen LogP) is 2.77. The molecular weight excluding hydrogens is 508 g/mol. The molecule has 39 heavy (non-hydrogen) atoms. The van der Waals surface area contributed by atoms with Crippen molar-refractivity contribution in [3.05, 3.63) is 30.1 Å². The number of amides is 1. The van der Waals surface area contributed by atoms with E-state index in [0.29, 0.717) is 49.2 Å². The number of carbonyl (C=O) groups excluding carboxylic acids is 1. The van der Waals surface area contributed by atoms with Crippen molar-refractivity contribution in [3.63, 3.8) is 0 Å². The molecule has 0 radical (unpaired) electrons. The zero-order chi connectivity index (χ0) is 27.5. The third-order valence-corrected chi connectivity index (χ3v) is 7.10. The SMILES string of the molecule is C[C@@H]1COCCN1c1nc(N[C@H]2CC[C@H](NC(=O)CN(C)C)CC2)nc(-n2c(C(F)F)nc3ccccc32)n1. The number of carbonyl (C=O) groups is 1. The first-order chi connectivity index (χ1) is 18.8. The molecule has 11 nitrogen and oxygen atoms in total. The van der Waals surface area contributed by atoms with Crippen LogP contribution in [0.25, 0.3) is 17.0 Å². The molecule has 2 fully saturated rings. The average Bonchev–Trinajstić information content (AvgIpc) is 3.30. The van der Waals surface area contributed by atoms with E-state index in [1.165, 1.54) is 4.57 Å². The number of fused-ring (bicyclic) bond motifs is 1. The van der Waals surface area contributed by atoms with Crippen LogP contribution in [0, 0.1) is 0 Å². The van der Waals surface area contributed by atoms with Crippen molar-refractivity contribution in [3.8, 4) is 5.95 Å². The molecule has 1 saturated heterocycles. The van der Waals surface area contributed by atoms with Gasteiger partial charge in [0.1, 0.15) is 0 Å². The molecule has 2 aromatic heterocycles. The minimum atomic E-state index is -2.81. The highest BCUT2D eigenvalue weighted by Gasteiger charge is 2.28. The summed E-state index contributed by atoms with van der Waals surface area (Å²) in [6.07, 6.45) is 0.462. The van der Waals surface area contributed by atoms with Crippen LogP contribution in [0.15, 0.2) is 24.3 Å². The molecule has 1 aliphatic carbocycles. The Balaban J connectivity index is 1.43. The lowest BCUT2D eigenvalue weighted by Gasteiger charge is -2.34. The number of imidazole rings is 1. The van der Waals surface area contributed by atoms with Crippen molar-refractivity contribution in [2.75, 3.05) is 50.6 Å². The number of halogens is 2. The minimum absolute atomic E-state index is 0.0113. The number of hydrogen-bond acceptors (Lipinski definition) is 9. The molecule has 3 aromatic rings. The molecule has 2 aliphatic rings. The third-order valence-electron chi connectivity index (χ3n) is 7.10. The van der Waals surface area contributed by atoms with E-state index in [2.05, 4.69) is 25.6 Å². The first-order valence-corrected chi connectivity index (χ1v) is 13.4. The lowest BCUT2D eigenvalue weighted by atomic mass is 9.91. The lowest BCUT2D eigenvalue weighted by molar-refractivity contribution is -0.122. The van der Waals surface area contributed by atoms with Crippen molar-refractivity contribution in [2.45, 2.75) is 57.2 Å². The number of alkyl halides is 2. The molecule has 0 unspecified atom stereocenters. The van der Waals surface area contributed by atoms with Crippen LogP contribution in [0.5, 0.6) is 0 Å². The van der Waals surface area contributed by atoms with Crippen LogP contribution in [0.1, 0.15) is 44.9 Å². The van der Waals surface area contributed by atoms with E-state index >= 15 is 0 Å². The summed E-state index contributed by atoms with van der Waals surface area (Å²) in [5.41, 5.74) is 0.943. The number of hydrogen-bond donors (Lipinski definition) is 2. The second kappa shape index (κ2) is 11.7. The van der Waals surface area contributed by atoms with Gasteiger partial charge in [-0.1, -0.05) is 12.1 Å². The topological polar surface area (TPSA) is 113 Å². The number of nitrogens with zero attached hydrogens (tertiary/aromatic N) is 7. The Kier molecular flexibility index (Phi) is 8.17. The Morgan fingerprint density at radius 1 is 1.08 bits per heavy atom. The monoisotopic (exact) mass is 543 g/mol. The van der Waals surface area contributed by atoms with Gasteiger partial charge in [0.05, 0.1) is 36.8 Å². The maximum Gasteiger partial charge on any atom is 0.296 e. The molecule has 1 aliphatic heterocycles. The molecular formula is C26H35F2N9O2. The first-order valence-electron chi connectivity index (χ1n) is 13.4. The Morgan fingerprint density at radius 3 is 2.51 bits per heavy atom. The van der Waals surface area contributed by atoms with E-state index in [1.807, 2.05) is 30.8 Å². The fraction of sp³-hybridized carbons (Fsp3) is 0.577. The summed E-state index contributed by atoms with van der Waals surface area (Å²) in [6.45, 7) is 3.99. The number of para-hydroxylation sites is 2. The standard InChI is InChI=1S/C26H35F2N9O2/c1-16-15-39-13-12-36(16)25-32-24(30-18-10-8-17(9-11-18)29-21(38)14-35(2)3)33-26(34-25)37-20-7-5-4-6-19(20)31-23(37)22(27)28/h4-7,16-18,22H,8-15H2,1-3H3,(H,29,38)(H,30,32,33,34)/t16-,17-,18-/m1/s1. The fourth-order valence-corrected chi connectivity index (χ4v) is 5.20. The molecule has 5 rings (SSSR count). The van der Waals surface area contributed by atoms with Gasteiger partial charge >= 0.3 is 0 Å². The summed E-state index contributed by atoms with van der Waals surface area (Å²) in [5.74, 6) is 0.427. The molecule has 1 atom stereocenters. The van der Waals surface area contributed by atoms with E-state index in [9.17, 15) is 13.6 Å². The zero-order valence-corrected chi connectivity index (χ0v) is 22.5. The predicted molar refractivity (Wildman–Crippen MR) is 143 cm³/mol. The highest BCUT2D eigenvalue weighted by atomic mass is 19.3. The van der Waals surface area contributed by atoms with Gasteiger partial charge in [0.2, 0.25) is 23.8 Å². The van der Waals surface area contributed by atoms with Crippen LogP contribution in [-0.4, -0.2) is 93.8 Å². The van der Waals surface area contributed by atoms with Crippen LogP contribution in [0.2, 0.25) is 0 Å². The smallest absolute Gasteiger partial charge is 0.296 e. The van der Waals surface area contributed by atoms with E-state index in [0.717, 1.165) is 25.7 Å². The summed E-state index contributed by atoms with van der Waals surface area (Å²) < 4.78 is 35.1. The highest BCUT2D eigenvalue weighted by Crippen LogP contribution is 2.29. The maximum atomic E-state index is 14.1. The van der Waals surface area contributed by atoms with Crippen LogP contribution >= 0.6 is 0 Å². The van der Waals surface area contributed by atoms with Gasteiger partial charge in [-0.25, -0.2) is 13.8 Å². The van der Waals surface area contributed by atoms with Crippen molar-refractivity contribution in [1.29, 1.82) is 0 Å². The molecule has 2 N–H and O–H groups in total. The maximum absolute atomic E-state index is 14.1. The summed E-state index contributed by atoms with van der Waals surface area (Å²) in [6, 6.07) is 7.17. The van der Waals surface area contributed by atoms with Gasteiger partial charge in [0, 0.05) is 18.6 Å². The normalized spacial score (nSPS) is 22.0. The number of morpholine rings is 1. The molecule has 13 heteroatoms. The summed E-state index contributed by atoms with van der Waals surface area (Å²) in [7, 11) is 3.73. The average molecular weight is 544 g/mol. The number of benzene rings is 1. The Morgan fingerprint density at radius 2 is 1.79 bits per heavy atom. The number of nitrogens with one attached hydrogen (secondary N) is 2. The quantitative estimate of drug-likeness (QED) is 0.443. The zero-order valence-electron chi connectivity index (χ0n) is 22.5. The summed E-state index contributed by atoms with van der Waals surface area (Å²) in [5, 5.41) is 6.52. The van der Waals surface area contributed by atoms with Gasteiger partial charge in [0.25, 0.3) is 6.43 Å². The number of ether oxygens (including phenoxy) is 1. The van der Waals surface area contributed by atoms with Gasteiger partial charge in [0.15, 0.2) is 5.82 Å².